The van der Waals surface area contributed by atoms with Crippen LogP contribution in [0.25, 0.3) is 0 Å². The number of aliphatic hydroxyl groups is 1. The number of ether oxygens (including phenoxy) is 1. The van der Waals surface area contributed by atoms with E-state index in [1.807, 2.05) is 18.2 Å². The molecule has 0 fully saturated rings. The largest absolute Gasteiger partial charge is 0.496 e. The van der Waals surface area contributed by atoms with Crippen LogP contribution >= 0.6 is 11.8 Å². The van der Waals surface area contributed by atoms with Gasteiger partial charge < -0.3 is 9.84 Å². The molecule has 0 bridgehead atoms. The lowest BCUT2D eigenvalue weighted by molar-refractivity contribution is -0.387. The third kappa shape index (κ3) is 3.53. The third-order valence-corrected chi connectivity index (χ3v) is 4.07. The minimum Gasteiger partial charge on any atom is -0.496 e. The minimum atomic E-state index is -0.742. The molecular weight excluding hydrogens is 290 g/mol. The number of hydrogen-bond acceptors (Lipinski definition) is 5. The van der Waals surface area contributed by atoms with Gasteiger partial charge in [-0.3, -0.25) is 10.1 Å². The first-order valence-electron chi connectivity index (χ1n) is 6.30. The summed E-state index contributed by atoms with van der Waals surface area (Å²) in [6, 6.07) is 12.1. The Morgan fingerprint density at radius 1 is 1.24 bits per heavy atom. The lowest BCUT2D eigenvalue weighted by Crippen LogP contribution is -1.96. The van der Waals surface area contributed by atoms with Gasteiger partial charge in [0.05, 0.1) is 27.9 Å². The van der Waals surface area contributed by atoms with Crippen LogP contribution in [0.3, 0.4) is 0 Å². The second-order valence-corrected chi connectivity index (χ2v) is 5.50. The summed E-state index contributed by atoms with van der Waals surface area (Å²) in [6.45, 7) is 1.58. The van der Waals surface area contributed by atoms with Crippen LogP contribution in [0.2, 0.25) is 0 Å². The summed E-state index contributed by atoms with van der Waals surface area (Å²) in [5, 5.41) is 20.8. The number of nitro groups is 1. The quantitative estimate of drug-likeness (QED) is 0.671. The summed E-state index contributed by atoms with van der Waals surface area (Å²) in [5.74, 6) is 0.663. The van der Waals surface area contributed by atoms with Crippen molar-refractivity contribution in [1.29, 1.82) is 0 Å². The number of hydrogen-bond donors (Lipinski definition) is 1. The first-order valence-corrected chi connectivity index (χ1v) is 7.12. The van der Waals surface area contributed by atoms with Crippen LogP contribution in [0.4, 0.5) is 5.69 Å². The van der Waals surface area contributed by atoms with Crippen molar-refractivity contribution in [3.63, 3.8) is 0 Å². The fraction of sp³-hybridized carbons (Fsp3) is 0.200. The molecule has 2 aromatic rings. The minimum absolute atomic E-state index is 0.0238. The lowest BCUT2D eigenvalue weighted by atomic mass is 10.1. The van der Waals surface area contributed by atoms with Crippen molar-refractivity contribution in [2.75, 3.05) is 7.11 Å². The number of rotatable bonds is 5. The van der Waals surface area contributed by atoms with Gasteiger partial charge in [-0.25, -0.2) is 0 Å². The van der Waals surface area contributed by atoms with Crippen molar-refractivity contribution in [3.8, 4) is 5.75 Å². The highest BCUT2D eigenvalue weighted by atomic mass is 32.2. The standard InChI is InChI=1S/C15H15NO4S/c1-10(17)11-7-8-14(12(9-11)16(18)19)21-15-6-4-3-5-13(15)20-2/h3-10,17H,1-2H3/t10-/m0/s1. The van der Waals surface area contributed by atoms with E-state index in [4.69, 9.17) is 4.74 Å². The SMILES string of the molecule is COc1ccccc1Sc1ccc([C@H](C)O)cc1[N+](=O)[O-]. The fourth-order valence-corrected chi connectivity index (χ4v) is 2.85. The molecule has 0 aliphatic heterocycles. The Labute approximate surface area is 126 Å². The Balaban J connectivity index is 2.42. The molecule has 1 atom stereocenters. The predicted molar refractivity (Wildman–Crippen MR) is 80.8 cm³/mol. The second kappa shape index (κ2) is 6.60. The normalized spacial score (nSPS) is 12.0. The van der Waals surface area contributed by atoms with Gasteiger partial charge in [0.1, 0.15) is 5.75 Å². The van der Waals surface area contributed by atoms with E-state index in [2.05, 4.69) is 0 Å². The summed E-state index contributed by atoms with van der Waals surface area (Å²) < 4.78 is 5.25. The number of para-hydroxylation sites is 1. The van der Waals surface area contributed by atoms with Crippen molar-refractivity contribution in [1.82, 2.24) is 0 Å². The van der Waals surface area contributed by atoms with Gasteiger partial charge in [0.15, 0.2) is 0 Å². The summed E-state index contributed by atoms with van der Waals surface area (Å²) in [5.41, 5.74) is 0.496. The van der Waals surface area contributed by atoms with Crippen molar-refractivity contribution in [3.05, 3.63) is 58.1 Å². The summed E-state index contributed by atoms with van der Waals surface area (Å²) >= 11 is 1.27. The molecule has 0 aliphatic rings. The summed E-state index contributed by atoms with van der Waals surface area (Å²) in [4.78, 5) is 12.1. The number of nitrogens with zero attached hydrogens (tertiary/aromatic N) is 1. The molecule has 0 aromatic heterocycles. The van der Waals surface area contributed by atoms with E-state index >= 15 is 0 Å². The first kappa shape index (κ1) is 15.3. The Hall–Kier alpha value is -2.05. The average molecular weight is 305 g/mol. The first-order chi connectivity index (χ1) is 10.0. The highest BCUT2D eigenvalue weighted by molar-refractivity contribution is 7.99. The smallest absolute Gasteiger partial charge is 0.283 e. The fourth-order valence-electron chi connectivity index (χ4n) is 1.84. The molecule has 0 aliphatic carbocycles. The number of aliphatic hydroxyl groups excluding tert-OH is 1. The average Bonchev–Trinajstić information content (AvgIpc) is 2.47. The molecule has 0 saturated heterocycles. The van der Waals surface area contributed by atoms with Crippen LogP contribution in [-0.2, 0) is 0 Å². The van der Waals surface area contributed by atoms with Crippen molar-refractivity contribution in [2.45, 2.75) is 22.8 Å². The van der Waals surface area contributed by atoms with Crippen LogP contribution in [0, 0.1) is 10.1 Å². The second-order valence-electron chi connectivity index (χ2n) is 4.41. The molecule has 5 nitrogen and oxygen atoms in total. The molecular formula is C15H15NO4S. The van der Waals surface area contributed by atoms with E-state index in [9.17, 15) is 15.2 Å². The van der Waals surface area contributed by atoms with Crippen LogP contribution < -0.4 is 4.74 Å². The Morgan fingerprint density at radius 3 is 2.57 bits per heavy atom. The maximum absolute atomic E-state index is 11.2. The molecule has 0 amide bonds. The number of nitro benzene ring substituents is 1. The van der Waals surface area contributed by atoms with E-state index in [0.717, 1.165) is 4.90 Å². The summed E-state index contributed by atoms with van der Waals surface area (Å²) in [6.07, 6.45) is -0.742. The lowest BCUT2D eigenvalue weighted by Gasteiger charge is -2.10. The van der Waals surface area contributed by atoms with Crippen molar-refractivity contribution >= 4 is 17.4 Å². The number of methoxy groups -OCH3 is 1. The maximum atomic E-state index is 11.2. The third-order valence-electron chi connectivity index (χ3n) is 2.95. The van der Waals surface area contributed by atoms with Crippen molar-refractivity contribution in [2.24, 2.45) is 0 Å². The Bertz CT molecular complexity index is 658. The summed E-state index contributed by atoms with van der Waals surface area (Å²) in [7, 11) is 1.56. The zero-order chi connectivity index (χ0) is 15.4. The Kier molecular flexibility index (Phi) is 4.82. The topological polar surface area (TPSA) is 72.6 Å². The molecule has 1 N–H and O–H groups in total. The van der Waals surface area contributed by atoms with E-state index in [1.54, 1.807) is 32.2 Å². The highest BCUT2D eigenvalue weighted by Gasteiger charge is 2.18. The molecule has 0 radical (unpaired) electrons. The molecule has 6 heteroatoms. The van der Waals surface area contributed by atoms with Gasteiger partial charge >= 0.3 is 0 Å². The molecule has 0 heterocycles. The van der Waals surface area contributed by atoms with Crippen LogP contribution in [0.15, 0.2) is 52.3 Å². The molecule has 21 heavy (non-hydrogen) atoms. The van der Waals surface area contributed by atoms with Gasteiger partial charge in [0, 0.05) is 6.07 Å². The number of benzene rings is 2. The molecule has 0 spiro atoms. The monoisotopic (exact) mass is 305 g/mol. The van der Waals surface area contributed by atoms with Crippen LogP contribution in [0.5, 0.6) is 5.75 Å². The van der Waals surface area contributed by atoms with Gasteiger partial charge in [0.25, 0.3) is 5.69 Å². The van der Waals surface area contributed by atoms with Gasteiger partial charge in [-0.1, -0.05) is 30.0 Å². The predicted octanol–water partition coefficient (Wildman–Crippen LogP) is 3.81. The zero-order valence-corrected chi connectivity index (χ0v) is 12.5. The van der Waals surface area contributed by atoms with E-state index < -0.39 is 11.0 Å². The van der Waals surface area contributed by atoms with E-state index in [0.29, 0.717) is 16.2 Å². The zero-order valence-electron chi connectivity index (χ0n) is 11.6. The molecule has 2 rings (SSSR count). The van der Waals surface area contributed by atoms with E-state index in [1.165, 1.54) is 17.8 Å². The molecule has 0 unspecified atom stereocenters. The Morgan fingerprint density at radius 2 is 1.95 bits per heavy atom. The molecule has 110 valence electrons. The van der Waals surface area contributed by atoms with Gasteiger partial charge in [0.2, 0.25) is 0 Å². The van der Waals surface area contributed by atoms with Gasteiger partial charge in [-0.05, 0) is 30.7 Å². The molecule has 2 aromatic carbocycles. The molecule has 0 saturated carbocycles. The van der Waals surface area contributed by atoms with Gasteiger partial charge in [-0.15, -0.1) is 0 Å². The maximum Gasteiger partial charge on any atom is 0.283 e. The van der Waals surface area contributed by atoms with Crippen molar-refractivity contribution < 1.29 is 14.8 Å². The van der Waals surface area contributed by atoms with Crippen LogP contribution in [0.1, 0.15) is 18.6 Å². The van der Waals surface area contributed by atoms with Gasteiger partial charge in [-0.2, -0.15) is 0 Å². The highest BCUT2D eigenvalue weighted by Crippen LogP contribution is 2.40. The van der Waals surface area contributed by atoms with Crippen LogP contribution in [-0.4, -0.2) is 17.1 Å². The van der Waals surface area contributed by atoms with E-state index in [-0.39, 0.29) is 5.69 Å².